The van der Waals surface area contributed by atoms with Gasteiger partial charge in [-0.2, -0.15) is 0 Å². The summed E-state index contributed by atoms with van der Waals surface area (Å²) < 4.78 is 5.88. The summed E-state index contributed by atoms with van der Waals surface area (Å²) in [6, 6.07) is 12.2. The van der Waals surface area contributed by atoms with Crippen LogP contribution in [0.1, 0.15) is 26.3 Å². The number of piperazine rings is 1. The first-order chi connectivity index (χ1) is 11.5. The minimum absolute atomic E-state index is 0.267. The molecular weight excluding hydrogens is 298 g/mol. The summed E-state index contributed by atoms with van der Waals surface area (Å²) in [7, 11) is 0. The molecule has 1 aromatic heterocycles. The molecule has 2 aromatic rings. The van der Waals surface area contributed by atoms with Crippen molar-refractivity contribution >= 4 is 0 Å². The number of aromatic nitrogens is 1. The molecule has 0 amide bonds. The molecule has 4 nitrogen and oxygen atoms in total. The molecule has 128 valence electrons. The predicted octanol–water partition coefficient (Wildman–Crippen LogP) is 3.79. The average Bonchev–Trinajstić information content (AvgIpc) is 2.56. The van der Waals surface area contributed by atoms with Crippen LogP contribution < -0.4 is 4.74 Å². The number of pyridine rings is 1. The normalized spacial score (nSPS) is 17.0. The second kappa shape index (κ2) is 7.32. The van der Waals surface area contributed by atoms with E-state index in [1.807, 2.05) is 18.2 Å². The molecule has 1 fully saturated rings. The van der Waals surface area contributed by atoms with Crippen molar-refractivity contribution < 1.29 is 4.74 Å². The van der Waals surface area contributed by atoms with Crippen LogP contribution in [0.3, 0.4) is 0 Å². The fourth-order valence-electron chi connectivity index (χ4n) is 3.09. The van der Waals surface area contributed by atoms with Crippen LogP contribution in [0.2, 0.25) is 0 Å². The molecule has 3 rings (SSSR count). The molecule has 1 saturated heterocycles. The summed E-state index contributed by atoms with van der Waals surface area (Å²) in [5, 5.41) is 0. The second-order valence-corrected chi connectivity index (χ2v) is 7.37. The summed E-state index contributed by atoms with van der Waals surface area (Å²) >= 11 is 0. The Hall–Kier alpha value is -1.91. The number of nitrogens with zero attached hydrogens (tertiary/aromatic N) is 3. The van der Waals surface area contributed by atoms with Gasteiger partial charge in [-0.3, -0.25) is 14.8 Å². The molecule has 0 saturated carbocycles. The van der Waals surface area contributed by atoms with Crippen molar-refractivity contribution in [2.45, 2.75) is 32.9 Å². The Bertz CT molecular complexity index is 643. The summed E-state index contributed by atoms with van der Waals surface area (Å²) in [5.41, 5.74) is 1.56. The van der Waals surface area contributed by atoms with Crippen LogP contribution >= 0.6 is 0 Å². The first-order valence-corrected chi connectivity index (χ1v) is 8.65. The molecule has 1 aromatic carbocycles. The van der Waals surface area contributed by atoms with Crippen LogP contribution in [0.25, 0.3) is 0 Å². The summed E-state index contributed by atoms with van der Waals surface area (Å²) in [6.45, 7) is 12.4. The molecular formula is C20H27N3O. The van der Waals surface area contributed by atoms with E-state index in [4.69, 9.17) is 4.74 Å². The van der Waals surface area contributed by atoms with Crippen molar-refractivity contribution in [1.29, 1.82) is 0 Å². The van der Waals surface area contributed by atoms with Gasteiger partial charge in [-0.1, -0.05) is 12.1 Å². The lowest BCUT2D eigenvalue weighted by molar-refractivity contribution is 0.0591. The highest BCUT2D eigenvalue weighted by Crippen LogP contribution is 2.22. The van der Waals surface area contributed by atoms with Gasteiger partial charge in [0.2, 0.25) is 0 Å². The molecule has 1 aliphatic heterocycles. The highest BCUT2D eigenvalue weighted by Gasteiger charge is 2.25. The number of rotatable bonds is 4. The van der Waals surface area contributed by atoms with Gasteiger partial charge in [0.15, 0.2) is 0 Å². The smallest absolute Gasteiger partial charge is 0.145 e. The molecule has 2 heterocycles. The van der Waals surface area contributed by atoms with Crippen molar-refractivity contribution in [1.82, 2.24) is 14.8 Å². The van der Waals surface area contributed by atoms with E-state index < -0.39 is 0 Å². The molecule has 4 heteroatoms. The molecule has 0 unspecified atom stereocenters. The van der Waals surface area contributed by atoms with Gasteiger partial charge >= 0.3 is 0 Å². The van der Waals surface area contributed by atoms with Crippen molar-refractivity contribution in [2.75, 3.05) is 26.2 Å². The highest BCUT2D eigenvalue weighted by molar-refractivity contribution is 5.32. The topological polar surface area (TPSA) is 28.6 Å². The van der Waals surface area contributed by atoms with E-state index in [1.165, 1.54) is 5.56 Å². The lowest BCUT2D eigenvalue weighted by Crippen LogP contribution is -2.53. The van der Waals surface area contributed by atoms with E-state index in [0.717, 1.165) is 44.2 Å². The Morgan fingerprint density at radius 2 is 1.75 bits per heavy atom. The molecule has 0 aliphatic carbocycles. The van der Waals surface area contributed by atoms with Crippen LogP contribution in [0.5, 0.6) is 11.5 Å². The third kappa shape index (κ3) is 4.56. The van der Waals surface area contributed by atoms with Gasteiger partial charge in [-0.15, -0.1) is 0 Å². The van der Waals surface area contributed by atoms with E-state index in [1.54, 1.807) is 12.4 Å². The van der Waals surface area contributed by atoms with Crippen LogP contribution in [0.15, 0.2) is 48.8 Å². The monoisotopic (exact) mass is 325 g/mol. The first kappa shape index (κ1) is 16.9. The molecule has 0 radical (unpaired) electrons. The molecule has 1 aliphatic rings. The van der Waals surface area contributed by atoms with E-state index in [9.17, 15) is 0 Å². The SMILES string of the molecule is CC(C)(C)N1CCN(Cc2cccc(Oc3cccnc3)c2)CC1. The van der Waals surface area contributed by atoms with Gasteiger partial charge in [-0.25, -0.2) is 0 Å². The minimum Gasteiger partial charge on any atom is -0.456 e. The molecule has 0 atom stereocenters. The van der Waals surface area contributed by atoms with Crippen molar-refractivity contribution in [3.8, 4) is 11.5 Å². The first-order valence-electron chi connectivity index (χ1n) is 8.65. The number of benzene rings is 1. The Kier molecular flexibility index (Phi) is 5.17. The average molecular weight is 325 g/mol. The number of hydrogen-bond donors (Lipinski definition) is 0. The third-order valence-corrected chi connectivity index (χ3v) is 4.50. The Morgan fingerprint density at radius 3 is 2.42 bits per heavy atom. The van der Waals surface area contributed by atoms with Gasteiger partial charge < -0.3 is 4.74 Å². The van der Waals surface area contributed by atoms with E-state index in [2.05, 4.69) is 53.8 Å². The molecule has 0 N–H and O–H groups in total. The fraction of sp³-hybridized carbons (Fsp3) is 0.450. The van der Waals surface area contributed by atoms with Gasteiger partial charge in [0.25, 0.3) is 0 Å². The molecule has 24 heavy (non-hydrogen) atoms. The third-order valence-electron chi connectivity index (χ3n) is 4.50. The molecule has 0 bridgehead atoms. The number of ether oxygens (including phenoxy) is 1. The lowest BCUT2D eigenvalue weighted by atomic mass is 10.0. The van der Waals surface area contributed by atoms with E-state index in [-0.39, 0.29) is 5.54 Å². The van der Waals surface area contributed by atoms with Crippen LogP contribution in [0, 0.1) is 0 Å². The second-order valence-electron chi connectivity index (χ2n) is 7.37. The van der Waals surface area contributed by atoms with Crippen molar-refractivity contribution in [3.63, 3.8) is 0 Å². The maximum absolute atomic E-state index is 5.88. The summed E-state index contributed by atoms with van der Waals surface area (Å²) in [6.07, 6.45) is 3.49. The van der Waals surface area contributed by atoms with E-state index in [0.29, 0.717) is 0 Å². The zero-order valence-corrected chi connectivity index (χ0v) is 14.9. The lowest BCUT2D eigenvalue weighted by Gasteiger charge is -2.42. The zero-order valence-electron chi connectivity index (χ0n) is 14.9. The Labute approximate surface area is 145 Å². The largest absolute Gasteiger partial charge is 0.456 e. The minimum atomic E-state index is 0.267. The Morgan fingerprint density at radius 1 is 1.00 bits per heavy atom. The predicted molar refractivity (Wildman–Crippen MR) is 97.4 cm³/mol. The zero-order chi connectivity index (χ0) is 17.0. The van der Waals surface area contributed by atoms with Crippen LogP contribution in [-0.2, 0) is 6.54 Å². The summed E-state index contributed by atoms with van der Waals surface area (Å²) in [4.78, 5) is 9.17. The van der Waals surface area contributed by atoms with Gasteiger partial charge in [0.05, 0.1) is 6.20 Å². The van der Waals surface area contributed by atoms with Crippen LogP contribution in [-0.4, -0.2) is 46.5 Å². The maximum Gasteiger partial charge on any atom is 0.145 e. The van der Waals surface area contributed by atoms with Gasteiger partial charge in [-0.05, 0) is 50.6 Å². The number of hydrogen-bond acceptors (Lipinski definition) is 4. The highest BCUT2D eigenvalue weighted by atomic mass is 16.5. The van der Waals surface area contributed by atoms with Crippen molar-refractivity contribution in [2.24, 2.45) is 0 Å². The van der Waals surface area contributed by atoms with Gasteiger partial charge in [0.1, 0.15) is 11.5 Å². The summed E-state index contributed by atoms with van der Waals surface area (Å²) in [5.74, 6) is 1.64. The quantitative estimate of drug-likeness (QED) is 0.855. The van der Waals surface area contributed by atoms with Crippen molar-refractivity contribution in [3.05, 3.63) is 54.4 Å². The Balaban J connectivity index is 1.58. The molecule has 0 spiro atoms. The van der Waals surface area contributed by atoms with Crippen LogP contribution in [0.4, 0.5) is 0 Å². The van der Waals surface area contributed by atoms with E-state index >= 15 is 0 Å². The maximum atomic E-state index is 5.88. The van der Waals surface area contributed by atoms with Gasteiger partial charge in [0, 0.05) is 44.5 Å². The fourth-order valence-corrected chi connectivity index (χ4v) is 3.09. The standard InChI is InChI=1S/C20H27N3O/c1-20(2,3)23-12-10-22(11-13-23)16-17-6-4-7-18(14-17)24-19-8-5-9-21-15-19/h4-9,14-15H,10-13,16H2,1-3H3.